The van der Waals surface area contributed by atoms with Gasteiger partial charge in [0.1, 0.15) is 5.82 Å². The van der Waals surface area contributed by atoms with E-state index in [1.807, 2.05) is 6.92 Å². The first kappa shape index (κ1) is 19.7. The maximum absolute atomic E-state index is 15.1. The van der Waals surface area contributed by atoms with Crippen LogP contribution in [0.25, 0.3) is 0 Å². The van der Waals surface area contributed by atoms with Crippen LogP contribution in [-0.2, 0) is 9.47 Å². The predicted molar refractivity (Wildman–Crippen MR) is 95.1 cm³/mol. The summed E-state index contributed by atoms with van der Waals surface area (Å²) in [6, 6.07) is 3.46. The van der Waals surface area contributed by atoms with Crippen molar-refractivity contribution >= 4 is 0 Å². The lowest BCUT2D eigenvalue weighted by atomic mass is 9.78. The van der Waals surface area contributed by atoms with Crippen LogP contribution in [0.2, 0.25) is 0 Å². The third-order valence-corrected chi connectivity index (χ3v) is 5.94. The SMILES string of the molecule is CCOC1CCC(c2ccc(C3CCC(C)CC3)c(F)c2C(F)F)CO1. The summed E-state index contributed by atoms with van der Waals surface area (Å²) in [6.45, 7) is 4.94. The molecule has 0 spiro atoms. The Morgan fingerprint density at radius 3 is 2.27 bits per heavy atom. The van der Waals surface area contributed by atoms with E-state index in [9.17, 15) is 8.78 Å². The van der Waals surface area contributed by atoms with Crippen molar-refractivity contribution < 1.29 is 22.6 Å². The van der Waals surface area contributed by atoms with Crippen molar-refractivity contribution in [2.24, 2.45) is 5.92 Å². The molecule has 1 heterocycles. The van der Waals surface area contributed by atoms with E-state index in [-0.39, 0.29) is 18.1 Å². The van der Waals surface area contributed by atoms with Gasteiger partial charge in [-0.25, -0.2) is 13.2 Å². The van der Waals surface area contributed by atoms with Crippen molar-refractivity contribution in [1.82, 2.24) is 0 Å². The quantitative estimate of drug-likeness (QED) is 0.604. The maximum Gasteiger partial charge on any atom is 0.266 e. The first-order valence-electron chi connectivity index (χ1n) is 9.84. The van der Waals surface area contributed by atoms with E-state index in [2.05, 4.69) is 6.92 Å². The smallest absolute Gasteiger partial charge is 0.266 e. The summed E-state index contributed by atoms with van der Waals surface area (Å²) in [5.41, 5.74) is 0.463. The van der Waals surface area contributed by atoms with Crippen molar-refractivity contribution in [3.63, 3.8) is 0 Å². The number of hydrogen-bond acceptors (Lipinski definition) is 2. The van der Waals surface area contributed by atoms with Gasteiger partial charge in [-0.3, -0.25) is 0 Å². The van der Waals surface area contributed by atoms with Crippen molar-refractivity contribution in [2.75, 3.05) is 13.2 Å². The maximum atomic E-state index is 15.1. The summed E-state index contributed by atoms with van der Waals surface area (Å²) in [6.07, 6.45) is 2.05. The van der Waals surface area contributed by atoms with E-state index in [0.717, 1.165) is 25.7 Å². The Kier molecular flexibility index (Phi) is 6.62. The Hall–Kier alpha value is -1.07. The molecule has 146 valence electrons. The highest BCUT2D eigenvalue weighted by molar-refractivity contribution is 5.39. The average molecular weight is 370 g/mol. The number of rotatable bonds is 5. The standard InChI is InChI=1S/C21H29F3O2/c1-3-25-18-11-8-15(12-26-18)16-9-10-17(20(22)19(16)21(23)24)14-6-4-13(2)5-7-14/h9-10,13-15,18,21H,3-8,11-12H2,1-2H3. The molecule has 1 aromatic carbocycles. The molecule has 0 N–H and O–H groups in total. The summed E-state index contributed by atoms with van der Waals surface area (Å²) in [7, 11) is 0. The van der Waals surface area contributed by atoms with Crippen LogP contribution in [0.3, 0.4) is 0 Å². The second-order valence-corrected chi connectivity index (χ2v) is 7.72. The molecule has 3 rings (SSSR count). The molecule has 1 aliphatic heterocycles. The predicted octanol–water partition coefficient (Wildman–Crippen LogP) is 6.31. The van der Waals surface area contributed by atoms with Crippen molar-refractivity contribution in [2.45, 2.75) is 76.9 Å². The van der Waals surface area contributed by atoms with Gasteiger partial charge in [-0.15, -0.1) is 0 Å². The summed E-state index contributed by atoms with van der Waals surface area (Å²) >= 11 is 0. The Morgan fingerprint density at radius 2 is 1.69 bits per heavy atom. The molecule has 1 aromatic rings. The van der Waals surface area contributed by atoms with Gasteiger partial charge in [0, 0.05) is 12.5 Å². The largest absolute Gasteiger partial charge is 0.353 e. The molecule has 26 heavy (non-hydrogen) atoms. The molecule has 2 nitrogen and oxygen atoms in total. The molecule has 2 fully saturated rings. The van der Waals surface area contributed by atoms with Gasteiger partial charge in [0.15, 0.2) is 6.29 Å². The average Bonchev–Trinajstić information content (AvgIpc) is 2.63. The van der Waals surface area contributed by atoms with Crippen molar-refractivity contribution in [3.05, 3.63) is 34.6 Å². The molecule has 1 aliphatic carbocycles. The Bertz CT molecular complexity index is 589. The van der Waals surface area contributed by atoms with Crippen LogP contribution in [0.1, 0.15) is 87.3 Å². The molecule has 2 aliphatic rings. The minimum Gasteiger partial charge on any atom is -0.353 e. The number of hydrogen-bond donors (Lipinski definition) is 0. The van der Waals surface area contributed by atoms with Crippen LogP contribution in [-0.4, -0.2) is 19.5 Å². The van der Waals surface area contributed by atoms with Crippen molar-refractivity contribution in [1.29, 1.82) is 0 Å². The van der Waals surface area contributed by atoms with Gasteiger partial charge < -0.3 is 9.47 Å². The Morgan fingerprint density at radius 1 is 1.04 bits per heavy atom. The number of benzene rings is 1. The van der Waals surface area contributed by atoms with Gasteiger partial charge in [-0.1, -0.05) is 31.9 Å². The van der Waals surface area contributed by atoms with E-state index in [0.29, 0.717) is 43.1 Å². The normalized spacial score (nSPS) is 29.9. The summed E-state index contributed by atoms with van der Waals surface area (Å²) in [4.78, 5) is 0. The van der Waals surface area contributed by atoms with Gasteiger partial charge in [0.25, 0.3) is 6.43 Å². The molecule has 2 unspecified atom stereocenters. The van der Waals surface area contributed by atoms with Gasteiger partial charge >= 0.3 is 0 Å². The van der Waals surface area contributed by atoms with E-state index >= 15 is 4.39 Å². The molecule has 0 aromatic heterocycles. The highest BCUT2D eigenvalue weighted by atomic mass is 19.3. The minimum absolute atomic E-state index is 0.0580. The highest BCUT2D eigenvalue weighted by Gasteiger charge is 2.32. The molecule has 5 heteroatoms. The van der Waals surface area contributed by atoms with Gasteiger partial charge in [-0.2, -0.15) is 0 Å². The summed E-state index contributed by atoms with van der Waals surface area (Å²) in [5, 5.41) is 0. The molecule has 1 saturated heterocycles. The molecule has 1 saturated carbocycles. The lowest BCUT2D eigenvalue weighted by Crippen LogP contribution is -2.28. The number of halogens is 3. The Labute approximate surface area is 154 Å². The molecule has 2 atom stereocenters. The first-order chi connectivity index (χ1) is 12.5. The summed E-state index contributed by atoms with van der Waals surface area (Å²) in [5.74, 6) is -0.196. The second-order valence-electron chi connectivity index (χ2n) is 7.72. The van der Waals surface area contributed by atoms with Crippen LogP contribution in [0.5, 0.6) is 0 Å². The van der Waals surface area contributed by atoms with E-state index in [1.165, 1.54) is 0 Å². The van der Waals surface area contributed by atoms with E-state index < -0.39 is 17.8 Å². The van der Waals surface area contributed by atoms with E-state index in [1.54, 1.807) is 12.1 Å². The molecular weight excluding hydrogens is 341 g/mol. The molecule has 0 radical (unpaired) electrons. The fourth-order valence-corrected chi connectivity index (χ4v) is 4.38. The number of alkyl halides is 2. The zero-order chi connectivity index (χ0) is 18.7. The Balaban J connectivity index is 1.82. The van der Waals surface area contributed by atoms with Crippen LogP contribution >= 0.6 is 0 Å². The number of ether oxygens (including phenoxy) is 2. The van der Waals surface area contributed by atoms with Crippen LogP contribution in [0.15, 0.2) is 12.1 Å². The highest BCUT2D eigenvalue weighted by Crippen LogP contribution is 2.42. The molecule has 0 bridgehead atoms. The fourth-order valence-electron chi connectivity index (χ4n) is 4.38. The van der Waals surface area contributed by atoms with E-state index in [4.69, 9.17) is 9.47 Å². The first-order valence-corrected chi connectivity index (χ1v) is 9.84. The second kappa shape index (κ2) is 8.75. The van der Waals surface area contributed by atoms with Gasteiger partial charge in [0.2, 0.25) is 0 Å². The lowest BCUT2D eigenvalue weighted by molar-refractivity contribution is -0.164. The third kappa shape index (κ3) is 4.25. The zero-order valence-corrected chi connectivity index (χ0v) is 15.6. The summed E-state index contributed by atoms with van der Waals surface area (Å²) < 4.78 is 53.6. The zero-order valence-electron chi connectivity index (χ0n) is 15.6. The van der Waals surface area contributed by atoms with Crippen molar-refractivity contribution in [3.8, 4) is 0 Å². The van der Waals surface area contributed by atoms with Gasteiger partial charge in [-0.05, 0) is 55.6 Å². The van der Waals surface area contributed by atoms with Gasteiger partial charge in [0.05, 0.1) is 12.2 Å². The fraction of sp³-hybridized carbons (Fsp3) is 0.714. The topological polar surface area (TPSA) is 18.5 Å². The molecule has 0 amide bonds. The van der Waals surface area contributed by atoms with Crippen LogP contribution in [0, 0.1) is 11.7 Å². The van der Waals surface area contributed by atoms with Crippen LogP contribution in [0.4, 0.5) is 13.2 Å². The minimum atomic E-state index is -2.81. The monoisotopic (exact) mass is 370 g/mol. The lowest BCUT2D eigenvalue weighted by Gasteiger charge is -2.31. The molecular formula is C21H29F3O2. The third-order valence-electron chi connectivity index (χ3n) is 5.94. The van der Waals surface area contributed by atoms with Crippen LogP contribution < -0.4 is 0 Å².